The normalized spacial score (nSPS) is 17.8. The van der Waals surface area contributed by atoms with Crippen LogP contribution in [0.15, 0.2) is 81.4 Å². The highest BCUT2D eigenvalue weighted by molar-refractivity contribution is 8.13. The number of amides is 1. The van der Waals surface area contributed by atoms with Gasteiger partial charge in [-0.2, -0.15) is 0 Å². The van der Waals surface area contributed by atoms with E-state index in [1.807, 2.05) is 36.4 Å². The average Bonchev–Trinajstić information content (AvgIpc) is 3.27. The van der Waals surface area contributed by atoms with Crippen LogP contribution in [0.5, 0.6) is 0 Å². The number of hydrogen-bond donors (Lipinski definition) is 1. The van der Waals surface area contributed by atoms with Crippen molar-refractivity contribution in [3.63, 3.8) is 0 Å². The molecule has 1 amide bonds. The number of para-hydroxylation sites is 1. The van der Waals surface area contributed by atoms with Crippen LogP contribution in [-0.4, -0.2) is 16.1 Å². The molecule has 0 saturated heterocycles. The van der Waals surface area contributed by atoms with Crippen molar-refractivity contribution in [3.05, 3.63) is 94.4 Å². The van der Waals surface area contributed by atoms with Gasteiger partial charge in [0, 0.05) is 11.0 Å². The van der Waals surface area contributed by atoms with Gasteiger partial charge in [-0.3, -0.25) is 10.1 Å². The Bertz CT molecular complexity index is 1220. The number of hydrazone groups is 1. The largest absolute Gasteiger partial charge is 0.465 e. The minimum atomic E-state index is -0.518. The van der Waals surface area contributed by atoms with Gasteiger partial charge in [-0.25, -0.2) is 10.0 Å². The summed E-state index contributed by atoms with van der Waals surface area (Å²) in [5.74, 6) is 1.16. The van der Waals surface area contributed by atoms with Crippen LogP contribution in [-0.2, 0) is 10.5 Å². The number of nitrogens with zero attached hydrogens (tertiary/aromatic N) is 3. The second-order valence-electron chi connectivity index (χ2n) is 6.86. The molecule has 2 aromatic carbocycles. The molecule has 6 nitrogen and oxygen atoms in total. The number of carbonyl (C=O) groups excluding carboxylic acids is 1. The SMILES string of the molecule is Cc1ccc(CSC2=NN3C(=c4ccccc4=N[C@H]3c3ccco3)C(=O)N2)cc1. The van der Waals surface area contributed by atoms with Crippen LogP contribution in [0.1, 0.15) is 23.1 Å². The molecule has 2 aliphatic heterocycles. The summed E-state index contributed by atoms with van der Waals surface area (Å²) in [4.78, 5) is 17.8. The molecule has 2 aliphatic rings. The van der Waals surface area contributed by atoms with Crippen molar-refractivity contribution in [2.45, 2.75) is 18.8 Å². The number of rotatable bonds is 3. The summed E-state index contributed by atoms with van der Waals surface area (Å²) < 4.78 is 5.59. The lowest BCUT2D eigenvalue weighted by Crippen LogP contribution is -2.50. The van der Waals surface area contributed by atoms with E-state index < -0.39 is 6.17 Å². The number of amidine groups is 1. The lowest BCUT2D eigenvalue weighted by atomic mass is 10.1. The second-order valence-corrected chi connectivity index (χ2v) is 7.83. The third kappa shape index (κ3) is 3.34. The molecule has 0 spiro atoms. The lowest BCUT2D eigenvalue weighted by molar-refractivity contribution is -0.116. The van der Waals surface area contributed by atoms with Crippen molar-refractivity contribution >= 4 is 28.5 Å². The molecule has 7 heteroatoms. The number of furan rings is 1. The zero-order chi connectivity index (χ0) is 19.8. The van der Waals surface area contributed by atoms with Gasteiger partial charge in [0.2, 0.25) is 6.17 Å². The molecule has 0 unspecified atom stereocenters. The number of aryl methyl sites for hydroxylation is 1. The Morgan fingerprint density at radius 3 is 2.72 bits per heavy atom. The smallest absolute Gasteiger partial charge is 0.276 e. The van der Waals surface area contributed by atoms with Crippen LogP contribution < -0.4 is 15.9 Å². The Morgan fingerprint density at radius 1 is 1.10 bits per heavy atom. The molecule has 1 atom stereocenters. The molecular weight excluding hydrogens is 384 g/mol. The molecule has 3 heterocycles. The third-order valence-electron chi connectivity index (χ3n) is 4.81. The zero-order valence-electron chi connectivity index (χ0n) is 15.7. The van der Waals surface area contributed by atoms with Crippen molar-refractivity contribution in [2.75, 3.05) is 0 Å². The van der Waals surface area contributed by atoms with Crippen molar-refractivity contribution in [2.24, 2.45) is 10.1 Å². The number of thioether (sulfide) groups is 1. The lowest BCUT2D eigenvalue weighted by Gasteiger charge is -2.32. The van der Waals surface area contributed by atoms with Gasteiger partial charge in [0.25, 0.3) is 5.91 Å². The fourth-order valence-electron chi connectivity index (χ4n) is 3.35. The first-order valence-electron chi connectivity index (χ1n) is 9.27. The van der Waals surface area contributed by atoms with Gasteiger partial charge in [-0.15, -0.1) is 5.10 Å². The number of fused-ring (bicyclic) bond motifs is 2. The van der Waals surface area contributed by atoms with Crippen LogP contribution in [0.2, 0.25) is 0 Å². The summed E-state index contributed by atoms with van der Waals surface area (Å²) in [7, 11) is 0. The van der Waals surface area contributed by atoms with Gasteiger partial charge >= 0.3 is 0 Å². The van der Waals surface area contributed by atoms with Crippen LogP contribution in [0.25, 0.3) is 5.70 Å². The number of benzene rings is 2. The van der Waals surface area contributed by atoms with Crippen molar-refractivity contribution in [1.29, 1.82) is 0 Å². The molecule has 0 aliphatic carbocycles. The average molecular weight is 402 g/mol. The summed E-state index contributed by atoms with van der Waals surface area (Å²) in [6.07, 6.45) is 1.09. The van der Waals surface area contributed by atoms with E-state index in [4.69, 9.17) is 14.5 Å². The first-order chi connectivity index (χ1) is 14.2. The zero-order valence-corrected chi connectivity index (χ0v) is 16.5. The Balaban J connectivity index is 1.53. The first kappa shape index (κ1) is 17.8. The number of nitrogens with one attached hydrogen (secondary N) is 1. The molecule has 29 heavy (non-hydrogen) atoms. The maximum Gasteiger partial charge on any atom is 0.276 e. The molecular formula is C22H18N4O2S. The van der Waals surface area contributed by atoms with Crippen LogP contribution in [0, 0.1) is 6.92 Å². The fraction of sp³-hybridized carbons (Fsp3) is 0.136. The molecule has 5 rings (SSSR count). The predicted molar refractivity (Wildman–Crippen MR) is 112 cm³/mol. The van der Waals surface area contributed by atoms with Gasteiger partial charge in [0.1, 0.15) is 11.5 Å². The Hall–Kier alpha value is -3.32. The molecule has 0 saturated carbocycles. The van der Waals surface area contributed by atoms with E-state index in [2.05, 4.69) is 36.5 Å². The van der Waals surface area contributed by atoms with E-state index in [1.54, 1.807) is 11.3 Å². The van der Waals surface area contributed by atoms with E-state index >= 15 is 0 Å². The monoisotopic (exact) mass is 402 g/mol. The van der Waals surface area contributed by atoms with E-state index in [9.17, 15) is 4.79 Å². The van der Waals surface area contributed by atoms with Crippen molar-refractivity contribution in [1.82, 2.24) is 10.3 Å². The minimum Gasteiger partial charge on any atom is -0.465 e. The Kier molecular flexibility index (Phi) is 4.44. The molecule has 144 valence electrons. The summed E-state index contributed by atoms with van der Waals surface area (Å²) in [6, 6.07) is 19.6. The first-order valence-corrected chi connectivity index (χ1v) is 10.3. The Labute approximate surface area is 171 Å². The number of carbonyl (C=O) groups is 1. The molecule has 1 N–H and O–H groups in total. The maximum absolute atomic E-state index is 13.0. The molecule has 3 aromatic rings. The van der Waals surface area contributed by atoms with Gasteiger partial charge in [0.15, 0.2) is 5.17 Å². The van der Waals surface area contributed by atoms with Crippen molar-refractivity contribution in [3.8, 4) is 0 Å². The highest BCUT2D eigenvalue weighted by Gasteiger charge is 2.35. The topological polar surface area (TPSA) is 70.2 Å². The molecule has 0 fully saturated rings. The molecule has 0 bridgehead atoms. The maximum atomic E-state index is 13.0. The van der Waals surface area contributed by atoms with Gasteiger partial charge < -0.3 is 4.42 Å². The van der Waals surface area contributed by atoms with E-state index in [-0.39, 0.29) is 5.91 Å². The summed E-state index contributed by atoms with van der Waals surface area (Å²) in [5.41, 5.74) is 2.87. The van der Waals surface area contributed by atoms with Crippen LogP contribution in [0.4, 0.5) is 0 Å². The summed E-state index contributed by atoms with van der Waals surface area (Å²) >= 11 is 1.49. The third-order valence-corrected chi connectivity index (χ3v) is 5.74. The van der Waals surface area contributed by atoms with Gasteiger partial charge in [-0.1, -0.05) is 59.8 Å². The molecule has 0 radical (unpaired) electrons. The van der Waals surface area contributed by atoms with Crippen LogP contribution in [0.3, 0.4) is 0 Å². The fourth-order valence-corrected chi connectivity index (χ4v) is 4.16. The van der Waals surface area contributed by atoms with E-state index in [0.29, 0.717) is 22.4 Å². The van der Waals surface area contributed by atoms with Gasteiger partial charge in [-0.05, 0) is 30.7 Å². The molecule has 1 aromatic heterocycles. The van der Waals surface area contributed by atoms with Crippen molar-refractivity contribution < 1.29 is 9.21 Å². The van der Waals surface area contributed by atoms with E-state index in [0.717, 1.165) is 10.6 Å². The Morgan fingerprint density at radius 2 is 1.93 bits per heavy atom. The highest BCUT2D eigenvalue weighted by Crippen LogP contribution is 2.31. The minimum absolute atomic E-state index is 0.190. The van der Waals surface area contributed by atoms with E-state index in [1.165, 1.54) is 22.9 Å². The summed E-state index contributed by atoms with van der Waals surface area (Å²) in [5, 5.41) is 11.4. The predicted octanol–water partition coefficient (Wildman–Crippen LogP) is 2.66. The summed E-state index contributed by atoms with van der Waals surface area (Å²) in [6.45, 7) is 2.06. The van der Waals surface area contributed by atoms with Gasteiger partial charge in [0.05, 0.1) is 11.6 Å². The van der Waals surface area contributed by atoms with Crippen LogP contribution >= 0.6 is 11.8 Å². The second kappa shape index (κ2) is 7.25. The highest BCUT2D eigenvalue weighted by atomic mass is 32.2. The quantitative estimate of drug-likeness (QED) is 0.731. The number of hydrogen-bond acceptors (Lipinski definition) is 6. The standard InChI is InChI=1S/C22H18N4O2S/c1-14-8-10-15(11-9-14)13-29-22-24-21(27)19-16-5-2-3-6-17(16)23-20(26(19)25-22)18-7-4-12-28-18/h2-12,20H,13H2,1H3,(H,24,25,27)/t20-/m1/s1.